The summed E-state index contributed by atoms with van der Waals surface area (Å²) in [4.78, 5) is 8.62. The Morgan fingerprint density at radius 2 is 2.22 bits per heavy atom. The van der Waals surface area contributed by atoms with Gasteiger partial charge in [-0.25, -0.2) is 4.98 Å². The molecular weight excluding hydrogens is 405 g/mol. The number of imidazole rings is 1. The van der Waals surface area contributed by atoms with Gasteiger partial charge in [0.25, 0.3) is 0 Å². The number of guanidine groups is 1. The van der Waals surface area contributed by atoms with E-state index in [9.17, 15) is 0 Å². The van der Waals surface area contributed by atoms with Crippen LogP contribution in [0.4, 0.5) is 0 Å². The van der Waals surface area contributed by atoms with Gasteiger partial charge in [-0.1, -0.05) is 0 Å². The Hall–Kier alpha value is -0.830. The average Bonchev–Trinajstić information content (AvgIpc) is 3.20. The van der Waals surface area contributed by atoms with Crippen LogP contribution in [0.3, 0.4) is 0 Å². The Bertz CT molecular complexity index is 420. The van der Waals surface area contributed by atoms with Gasteiger partial charge < -0.3 is 19.9 Å². The van der Waals surface area contributed by atoms with E-state index in [0.29, 0.717) is 0 Å². The zero-order chi connectivity index (χ0) is 15.5. The molecule has 6 nitrogen and oxygen atoms in total. The van der Waals surface area contributed by atoms with Crippen LogP contribution in [0.2, 0.25) is 0 Å². The third-order valence-corrected chi connectivity index (χ3v) is 3.56. The zero-order valence-electron chi connectivity index (χ0n) is 14.0. The van der Waals surface area contributed by atoms with E-state index < -0.39 is 0 Å². The summed E-state index contributed by atoms with van der Waals surface area (Å²) in [6.07, 6.45) is 10.4. The monoisotopic (exact) mass is 435 g/mol. The second kappa shape index (κ2) is 12.6. The molecular formula is C16H30IN5O. The van der Waals surface area contributed by atoms with Gasteiger partial charge in [-0.3, -0.25) is 4.99 Å². The third kappa shape index (κ3) is 9.80. The lowest BCUT2D eigenvalue weighted by molar-refractivity contribution is 0.123. The van der Waals surface area contributed by atoms with Crippen LogP contribution in [-0.4, -0.2) is 48.4 Å². The SMILES string of the molecule is CCNC(=NCCCn1ccnc1)NCCCOCC1CC1.I. The quantitative estimate of drug-likeness (QED) is 0.242. The highest BCUT2D eigenvalue weighted by Crippen LogP contribution is 2.28. The third-order valence-electron chi connectivity index (χ3n) is 3.56. The van der Waals surface area contributed by atoms with Crippen molar-refractivity contribution in [1.29, 1.82) is 0 Å². The van der Waals surface area contributed by atoms with Gasteiger partial charge in [0.05, 0.1) is 6.33 Å². The maximum absolute atomic E-state index is 5.63. The van der Waals surface area contributed by atoms with Crippen molar-refractivity contribution in [3.8, 4) is 0 Å². The predicted octanol–water partition coefficient (Wildman–Crippen LogP) is 2.26. The zero-order valence-corrected chi connectivity index (χ0v) is 16.4. The first-order valence-corrected chi connectivity index (χ1v) is 8.44. The number of aliphatic imine (C=N–C) groups is 1. The minimum Gasteiger partial charge on any atom is -0.381 e. The Labute approximate surface area is 156 Å². The van der Waals surface area contributed by atoms with Gasteiger partial charge in [0.2, 0.25) is 0 Å². The Kier molecular flexibility index (Phi) is 11.1. The van der Waals surface area contributed by atoms with Gasteiger partial charge in [-0.05, 0) is 38.5 Å². The van der Waals surface area contributed by atoms with E-state index in [4.69, 9.17) is 4.74 Å². The number of aryl methyl sites for hydroxylation is 1. The summed E-state index contributed by atoms with van der Waals surface area (Å²) in [7, 11) is 0. The second-order valence-corrected chi connectivity index (χ2v) is 5.71. The van der Waals surface area contributed by atoms with Crippen molar-refractivity contribution in [2.75, 3.05) is 32.8 Å². The van der Waals surface area contributed by atoms with Gasteiger partial charge in [-0.15, -0.1) is 24.0 Å². The molecule has 1 heterocycles. The molecule has 7 heteroatoms. The Morgan fingerprint density at radius 3 is 2.91 bits per heavy atom. The summed E-state index contributed by atoms with van der Waals surface area (Å²) in [6, 6.07) is 0. The number of nitrogens with zero attached hydrogens (tertiary/aromatic N) is 3. The van der Waals surface area contributed by atoms with Crippen LogP contribution in [0.25, 0.3) is 0 Å². The summed E-state index contributed by atoms with van der Waals surface area (Å²) in [5.74, 6) is 1.75. The largest absolute Gasteiger partial charge is 0.381 e. The Balaban J connectivity index is 0.00000264. The Morgan fingerprint density at radius 1 is 1.35 bits per heavy atom. The van der Waals surface area contributed by atoms with E-state index >= 15 is 0 Å². The van der Waals surface area contributed by atoms with Gasteiger partial charge in [-0.2, -0.15) is 0 Å². The minimum atomic E-state index is 0. The maximum atomic E-state index is 5.63. The summed E-state index contributed by atoms with van der Waals surface area (Å²) in [5, 5.41) is 6.63. The molecule has 2 N–H and O–H groups in total. The van der Waals surface area contributed by atoms with Crippen LogP contribution >= 0.6 is 24.0 Å². The van der Waals surface area contributed by atoms with Crippen LogP contribution in [0.5, 0.6) is 0 Å². The molecule has 2 rings (SSSR count). The van der Waals surface area contributed by atoms with E-state index in [1.54, 1.807) is 6.20 Å². The second-order valence-electron chi connectivity index (χ2n) is 5.71. The first-order chi connectivity index (χ1) is 10.9. The highest BCUT2D eigenvalue weighted by atomic mass is 127. The summed E-state index contributed by atoms with van der Waals surface area (Å²) in [5.41, 5.74) is 0. The molecule has 1 aliphatic carbocycles. The van der Waals surface area contributed by atoms with Crippen LogP contribution in [0, 0.1) is 5.92 Å². The van der Waals surface area contributed by atoms with E-state index in [1.165, 1.54) is 12.8 Å². The number of ether oxygens (including phenoxy) is 1. The first kappa shape index (κ1) is 20.2. The number of aromatic nitrogens is 2. The van der Waals surface area contributed by atoms with Crippen LogP contribution in [0.1, 0.15) is 32.6 Å². The topological polar surface area (TPSA) is 63.5 Å². The number of nitrogens with one attached hydrogen (secondary N) is 2. The molecule has 0 atom stereocenters. The van der Waals surface area contributed by atoms with Crippen molar-refractivity contribution < 1.29 is 4.74 Å². The lowest BCUT2D eigenvalue weighted by Crippen LogP contribution is -2.38. The molecule has 0 aliphatic heterocycles. The summed E-state index contributed by atoms with van der Waals surface area (Å²) >= 11 is 0. The van der Waals surface area contributed by atoms with E-state index in [1.807, 2.05) is 12.5 Å². The fourth-order valence-corrected chi connectivity index (χ4v) is 2.12. The molecule has 0 aromatic carbocycles. The molecule has 0 bridgehead atoms. The molecule has 1 aromatic rings. The van der Waals surface area contributed by atoms with E-state index in [-0.39, 0.29) is 24.0 Å². The molecule has 1 saturated carbocycles. The van der Waals surface area contributed by atoms with Gasteiger partial charge in [0.1, 0.15) is 0 Å². The number of rotatable bonds is 11. The molecule has 0 saturated heterocycles. The molecule has 0 radical (unpaired) electrons. The lowest BCUT2D eigenvalue weighted by atomic mass is 10.4. The highest BCUT2D eigenvalue weighted by molar-refractivity contribution is 14.0. The number of hydrogen-bond donors (Lipinski definition) is 2. The van der Waals surface area contributed by atoms with Gasteiger partial charge in [0, 0.05) is 51.8 Å². The van der Waals surface area contributed by atoms with E-state index in [2.05, 4.69) is 32.1 Å². The fraction of sp³-hybridized carbons (Fsp3) is 0.750. The standard InChI is InChI=1S/C16H29N5O.HI/c1-2-18-16(19-7-3-10-21-11-9-17-14-21)20-8-4-12-22-13-15-5-6-15;/h9,11,14-15H,2-8,10,12-13H2,1H3,(H2,18,19,20);1H. The molecule has 0 amide bonds. The summed E-state index contributed by atoms with van der Waals surface area (Å²) in [6.45, 7) is 7.42. The van der Waals surface area contributed by atoms with Gasteiger partial charge >= 0.3 is 0 Å². The molecule has 1 aliphatic rings. The first-order valence-electron chi connectivity index (χ1n) is 8.44. The van der Waals surface area contributed by atoms with Crippen LogP contribution in [-0.2, 0) is 11.3 Å². The smallest absolute Gasteiger partial charge is 0.191 e. The van der Waals surface area contributed by atoms with Crippen molar-refractivity contribution in [3.63, 3.8) is 0 Å². The van der Waals surface area contributed by atoms with Crippen molar-refractivity contribution in [2.24, 2.45) is 10.9 Å². The van der Waals surface area contributed by atoms with Crippen molar-refractivity contribution in [1.82, 2.24) is 20.2 Å². The molecule has 132 valence electrons. The number of hydrogen-bond acceptors (Lipinski definition) is 3. The van der Waals surface area contributed by atoms with Gasteiger partial charge in [0.15, 0.2) is 5.96 Å². The van der Waals surface area contributed by atoms with Crippen molar-refractivity contribution in [2.45, 2.75) is 39.2 Å². The summed E-state index contributed by atoms with van der Waals surface area (Å²) < 4.78 is 7.71. The minimum absolute atomic E-state index is 0. The van der Waals surface area contributed by atoms with Crippen molar-refractivity contribution >= 4 is 29.9 Å². The molecule has 1 fully saturated rings. The number of halogens is 1. The molecule has 1 aromatic heterocycles. The molecule has 23 heavy (non-hydrogen) atoms. The van der Waals surface area contributed by atoms with Crippen LogP contribution < -0.4 is 10.6 Å². The van der Waals surface area contributed by atoms with Crippen LogP contribution in [0.15, 0.2) is 23.7 Å². The molecule has 0 spiro atoms. The lowest BCUT2D eigenvalue weighted by Gasteiger charge is -2.11. The average molecular weight is 435 g/mol. The van der Waals surface area contributed by atoms with Crippen molar-refractivity contribution in [3.05, 3.63) is 18.7 Å². The maximum Gasteiger partial charge on any atom is 0.191 e. The highest BCUT2D eigenvalue weighted by Gasteiger charge is 2.20. The predicted molar refractivity (Wildman–Crippen MR) is 104 cm³/mol. The van der Waals surface area contributed by atoms with E-state index in [0.717, 1.165) is 64.1 Å². The normalized spacial score (nSPS) is 14.4. The fourth-order valence-electron chi connectivity index (χ4n) is 2.12. The molecule has 0 unspecified atom stereocenters.